The van der Waals surface area contributed by atoms with E-state index in [2.05, 4.69) is 24.1 Å². The second-order valence-corrected chi connectivity index (χ2v) is 5.83. The molecule has 0 radical (unpaired) electrons. The van der Waals surface area contributed by atoms with Crippen molar-refractivity contribution in [2.45, 2.75) is 33.6 Å². The molecular weight excluding hydrogens is 240 g/mol. The fourth-order valence-corrected chi connectivity index (χ4v) is 2.54. The summed E-state index contributed by atoms with van der Waals surface area (Å²) in [5.41, 5.74) is 1.01. The standard InChI is InChI=1S/C11H18N2OS2/c1-4-7(2)6-12-10(14)5-9-8(3)13-11(15)16-9/h7H,4-6H2,1-3H3,(H,12,14)(H,13,15). The van der Waals surface area contributed by atoms with E-state index in [0.717, 1.165) is 27.5 Å². The Balaban J connectivity index is 2.46. The highest BCUT2D eigenvalue weighted by molar-refractivity contribution is 7.73. The quantitative estimate of drug-likeness (QED) is 0.798. The Bertz CT molecular complexity index is 408. The predicted molar refractivity (Wildman–Crippen MR) is 70.4 cm³/mol. The minimum absolute atomic E-state index is 0.0775. The van der Waals surface area contributed by atoms with Gasteiger partial charge >= 0.3 is 0 Å². The van der Waals surface area contributed by atoms with Crippen LogP contribution in [-0.2, 0) is 11.2 Å². The van der Waals surface area contributed by atoms with Gasteiger partial charge in [0.15, 0.2) is 3.95 Å². The second kappa shape index (κ2) is 6.15. The molecule has 1 rings (SSSR count). The molecule has 1 amide bonds. The van der Waals surface area contributed by atoms with Crippen LogP contribution in [0.2, 0.25) is 0 Å². The van der Waals surface area contributed by atoms with Gasteiger partial charge in [-0.1, -0.05) is 20.3 Å². The molecule has 0 saturated carbocycles. The van der Waals surface area contributed by atoms with Gasteiger partial charge in [-0.15, -0.1) is 11.3 Å². The molecule has 0 aliphatic heterocycles. The normalized spacial score (nSPS) is 12.4. The molecule has 3 nitrogen and oxygen atoms in total. The van der Waals surface area contributed by atoms with Crippen molar-refractivity contribution in [1.82, 2.24) is 10.3 Å². The first-order valence-corrected chi connectivity index (χ1v) is 6.70. The van der Waals surface area contributed by atoms with E-state index in [4.69, 9.17) is 12.2 Å². The third-order valence-electron chi connectivity index (χ3n) is 2.59. The van der Waals surface area contributed by atoms with Crippen LogP contribution in [0.4, 0.5) is 0 Å². The maximum absolute atomic E-state index is 11.6. The highest BCUT2D eigenvalue weighted by Gasteiger charge is 2.09. The van der Waals surface area contributed by atoms with Gasteiger partial charge in [0.2, 0.25) is 5.91 Å². The molecule has 2 N–H and O–H groups in total. The predicted octanol–water partition coefficient (Wildman–Crippen LogP) is 2.82. The van der Waals surface area contributed by atoms with Crippen molar-refractivity contribution in [1.29, 1.82) is 0 Å². The molecule has 1 heterocycles. The molecule has 0 spiro atoms. The lowest BCUT2D eigenvalue weighted by Gasteiger charge is -2.09. The van der Waals surface area contributed by atoms with Gasteiger partial charge < -0.3 is 10.3 Å². The van der Waals surface area contributed by atoms with Crippen LogP contribution in [0.25, 0.3) is 0 Å². The Labute approximate surface area is 105 Å². The van der Waals surface area contributed by atoms with E-state index in [9.17, 15) is 4.79 Å². The highest BCUT2D eigenvalue weighted by atomic mass is 32.1. The number of thiazole rings is 1. The van der Waals surface area contributed by atoms with Crippen LogP contribution >= 0.6 is 23.6 Å². The van der Waals surface area contributed by atoms with Crippen LogP contribution in [0.15, 0.2) is 0 Å². The van der Waals surface area contributed by atoms with Gasteiger partial charge in [-0.25, -0.2) is 0 Å². The van der Waals surface area contributed by atoms with E-state index in [1.807, 2.05) is 6.92 Å². The summed E-state index contributed by atoms with van der Waals surface area (Å²) in [6.45, 7) is 6.96. The zero-order chi connectivity index (χ0) is 12.1. The Morgan fingerprint density at radius 1 is 1.62 bits per heavy atom. The summed E-state index contributed by atoms with van der Waals surface area (Å²) in [4.78, 5) is 15.7. The number of aromatic amines is 1. The van der Waals surface area contributed by atoms with E-state index in [1.165, 1.54) is 11.3 Å². The van der Waals surface area contributed by atoms with Crippen molar-refractivity contribution in [3.05, 3.63) is 14.5 Å². The number of hydrogen-bond acceptors (Lipinski definition) is 3. The third kappa shape index (κ3) is 4.06. The van der Waals surface area contributed by atoms with E-state index >= 15 is 0 Å². The van der Waals surface area contributed by atoms with Crippen LogP contribution < -0.4 is 5.32 Å². The van der Waals surface area contributed by atoms with Crippen molar-refractivity contribution in [2.75, 3.05) is 6.54 Å². The van der Waals surface area contributed by atoms with E-state index in [1.54, 1.807) is 0 Å². The largest absolute Gasteiger partial charge is 0.356 e. The monoisotopic (exact) mass is 258 g/mol. The van der Waals surface area contributed by atoms with Crippen molar-refractivity contribution in [3.8, 4) is 0 Å². The summed E-state index contributed by atoms with van der Waals surface area (Å²) >= 11 is 6.51. The van der Waals surface area contributed by atoms with E-state index in [0.29, 0.717) is 12.3 Å². The lowest BCUT2D eigenvalue weighted by atomic mass is 10.1. The number of aryl methyl sites for hydroxylation is 1. The van der Waals surface area contributed by atoms with Crippen LogP contribution in [0.3, 0.4) is 0 Å². The Morgan fingerprint density at radius 3 is 2.81 bits per heavy atom. The van der Waals surface area contributed by atoms with Gasteiger partial charge in [0.25, 0.3) is 0 Å². The maximum atomic E-state index is 11.6. The lowest BCUT2D eigenvalue weighted by molar-refractivity contribution is -0.120. The molecule has 1 atom stereocenters. The van der Waals surface area contributed by atoms with Crippen molar-refractivity contribution >= 4 is 29.5 Å². The number of H-pyrrole nitrogens is 1. The van der Waals surface area contributed by atoms with E-state index in [-0.39, 0.29) is 5.91 Å². The van der Waals surface area contributed by atoms with Crippen molar-refractivity contribution in [2.24, 2.45) is 5.92 Å². The molecule has 0 saturated heterocycles. The number of nitrogens with one attached hydrogen (secondary N) is 2. The topological polar surface area (TPSA) is 44.9 Å². The second-order valence-electron chi connectivity index (χ2n) is 4.06. The molecule has 0 fully saturated rings. The zero-order valence-corrected chi connectivity index (χ0v) is 11.6. The van der Waals surface area contributed by atoms with Gasteiger partial charge in [-0.2, -0.15) is 0 Å². The van der Waals surface area contributed by atoms with Crippen molar-refractivity contribution < 1.29 is 4.79 Å². The molecule has 0 aromatic carbocycles. The number of carbonyl (C=O) groups is 1. The summed E-state index contributed by atoms with van der Waals surface area (Å²) in [5.74, 6) is 0.614. The molecule has 0 aliphatic rings. The SMILES string of the molecule is CCC(C)CNC(=O)Cc1sc(=S)[nH]c1C. The summed E-state index contributed by atoms with van der Waals surface area (Å²) in [6.07, 6.45) is 1.52. The average molecular weight is 258 g/mol. The zero-order valence-electron chi connectivity index (χ0n) is 9.92. The summed E-state index contributed by atoms with van der Waals surface area (Å²) in [5, 5.41) is 2.94. The van der Waals surface area contributed by atoms with Crippen LogP contribution in [0, 0.1) is 16.8 Å². The molecule has 1 unspecified atom stereocenters. The van der Waals surface area contributed by atoms with E-state index < -0.39 is 0 Å². The number of amides is 1. The smallest absolute Gasteiger partial charge is 0.225 e. The van der Waals surface area contributed by atoms with Gasteiger partial charge in [-0.3, -0.25) is 4.79 Å². The Hall–Kier alpha value is -0.680. The first-order valence-electron chi connectivity index (χ1n) is 5.48. The summed E-state index contributed by atoms with van der Waals surface area (Å²) in [7, 11) is 0. The fourth-order valence-electron chi connectivity index (χ4n) is 1.25. The van der Waals surface area contributed by atoms with Gasteiger partial charge in [0, 0.05) is 17.1 Å². The minimum atomic E-state index is 0.0775. The first kappa shape index (κ1) is 13.4. The van der Waals surface area contributed by atoms with Crippen LogP contribution in [0.5, 0.6) is 0 Å². The first-order chi connectivity index (χ1) is 7.52. The molecule has 5 heteroatoms. The molecule has 1 aromatic heterocycles. The molecule has 1 aromatic rings. The minimum Gasteiger partial charge on any atom is -0.356 e. The summed E-state index contributed by atoms with van der Waals surface area (Å²) in [6, 6.07) is 0. The highest BCUT2D eigenvalue weighted by Crippen LogP contribution is 2.14. The lowest BCUT2D eigenvalue weighted by Crippen LogP contribution is -2.29. The van der Waals surface area contributed by atoms with Crippen LogP contribution in [-0.4, -0.2) is 17.4 Å². The third-order valence-corrected chi connectivity index (χ3v) is 3.93. The fraction of sp³-hybridized carbons (Fsp3) is 0.636. The van der Waals surface area contributed by atoms with Crippen molar-refractivity contribution in [3.63, 3.8) is 0 Å². The summed E-state index contributed by atoms with van der Waals surface area (Å²) < 4.78 is 0.738. The van der Waals surface area contributed by atoms with Gasteiger partial charge in [-0.05, 0) is 25.1 Å². The molecule has 90 valence electrons. The average Bonchev–Trinajstić information content (AvgIpc) is 2.54. The van der Waals surface area contributed by atoms with Crippen LogP contribution in [0.1, 0.15) is 30.8 Å². The number of hydrogen-bond donors (Lipinski definition) is 2. The molecular formula is C11H18N2OS2. The number of rotatable bonds is 5. The van der Waals surface area contributed by atoms with Gasteiger partial charge in [0.05, 0.1) is 6.42 Å². The Morgan fingerprint density at radius 2 is 2.31 bits per heavy atom. The van der Waals surface area contributed by atoms with Gasteiger partial charge in [0.1, 0.15) is 0 Å². The maximum Gasteiger partial charge on any atom is 0.225 e. The Kier molecular flexibility index (Phi) is 5.15. The number of carbonyl (C=O) groups excluding carboxylic acids is 1. The molecule has 16 heavy (non-hydrogen) atoms. The molecule has 0 bridgehead atoms. The number of aromatic nitrogens is 1. The molecule has 0 aliphatic carbocycles.